The van der Waals surface area contributed by atoms with Gasteiger partial charge >= 0.3 is 11.9 Å². The van der Waals surface area contributed by atoms with Crippen molar-refractivity contribution in [2.24, 2.45) is 0 Å². The van der Waals surface area contributed by atoms with Crippen molar-refractivity contribution in [1.29, 1.82) is 0 Å². The number of rotatable bonds is 7. The van der Waals surface area contributed by atoms with Gasteiger partial charge in [-0.15, -0.1) is 5.10 Å². The van der Waals surface area contributed by atoms with Crippen LogP contribution in [0.2, 0.25) is 10.0 Å². The summed E-state index contributed by atoms with van der Waals surface area (Å²) in [6.07, 6.45) is -5.94. The van der Waals surface area contributed by atoms with Crippen LogP contribution in [0.3, 0.4) is 0 Å². The van der Waals surface area contributed by atoms with E-state index in [4.69, 9.17) is 23.2 Å². The third-order valence-corrected chi connectivity index (χ3v) is 5.77. The molecule has 0 aliphatic carbocycles. The van der Waals surface area contributed by atoms with Crippen LogP contribution in [0, 0.1) is 0 Å². The van der Waals surface area contributed by atoms with Crippen LogP contribution in [-0.2, 0) is 13.1 Å². The zero-order chi connectivity index (χ0) is 26.2. The van der Waals surface area contributed by atoms with Gasteiger partial charge in [0.25, 0.3) is 0 Å². The first-order valence-corrected chi connectivity index (χ1v) is 11.3. The van der Waals surface area contributed by atoms with Gasteiger partial charge in [-0.25, -0.2) is 14.8 Å². The average Bonchev–Trinajstić information content (AvgIpc) is 3.36. The highest BCUT2D eigenvalue weighted by Gasteiger charge is 2.39. The Morgan fingerprint density at radius 2 is 1.81 bits per heavy atom. The summed E-state index contributed by atoms with van der Waals surface area (Å²) in [6.45, 7) is 0.199. The van der Waals surface area contributed by atoms with Gasteiger partial charge in [0, 0.05) is 17.4 Å². The van der Waals surface area contributed by atoms with E-state index in [1.807, 2.05) is 0 Å². The molecule has 0 fully saturated rings. The molecule has 0 aliphatic rings. The summed E-state index contributed by atoms with van der Waals surface area (Å²) in [4.78, 5) is 21.5. The fourth-order valence-electron chi connectivity index (χ4n) is 3.50. The largest absolute Gasteiger partial charge is 0.416 e. The van der Waals surface area contributed by atoms with Gasteiger partial charge in [0.05, 0.1) is 23.8 Å². The smallest absolute Gasteiger partial charge is 0.385 e. The first kappa shape index (κ1) is 25.9. The molecule has 0 radical (unpaired) electrons. The Balaban J connectivity index is 1.78. The second kappa shape index (κ2) is 10.1. The minimum atomic E-state index is -4.92. The normalized spacial score (nSPS) is 13.7. The fourth-order valence-corrected chi connectivity index (χ4v) is 3.82. The van der Waals surface area contributed by atoms with Gasteiger partial charge in [-0.2, -0.15) is 17.9 Å². The Hall–Kier alpha value is -3.19. The van der Waals surface area contributed by atoms with Crippen LogP contribution in [-0.4, -0.2) is 51.4 Å². The van der Waals surface area contributed by atoms with E-state index >= 15 is 0 Å². The van der Waals surface area contributed by atoms with E-state index in [1.54, 1.807) is 24.3 Å². The van der Waals surface area contributed by atoms with E-state index in [2.05, 4.69) is 15.1 Å². The minimum Gasteiger partial charge on any atom is -0.385 e. The molecule has 0 saturated carbocycles. The number of benzene rings is 1. The van der Waals surface area contributed by atoms with Gasteiger partial charge < -0.3 is 10.2 Å². The Bertz CT molecular complexity index is 1430. The van der Waals surface area contributed by atoms with Crippen molar-refractivity contribution >= 4 is 23.2 Å². The number of aromatic nitrogens is 6. The number of alkyl halides is 3. The van der Waals surface area contributed by atoms with Gasteiger partial charge in [0.1, 0.15) is 6.10 Å². The van der Waals surface area contributed by atoms with Crippen molar-refractivity contribution in [3.05, 3.63) is 81.0 Å². The molecular weight excluding hydrogens is 524 g/mol. The van der Waals surface area contributed by atoms with E-state index in [0.29, 0.717) is 10.6 Å². The molecule has 0 saturated heterocycles. The molecule has 0 bridgehead atoms. The highest BCUT2D eigenvalue weighted by atomic mass is 35.5. The predicted molar refractivity (Wildman–Crippen MR) is 125 cm³/mol. The molecule has 3 heterocycles. The van der Waals surface area contributed by atoms with E-state index in [9.17, 15) is 28.2 Å². The van der Waals surface area contributed by atoms with Gasteiger partial charge in [-0.3, -0.25) is 9.13 Å². The monoisotopic (exact) mass is 542 g/mol. The maximum absolute atomic E-state index is 13.1. The van der Waals surface area contributed by atoms with E-state index in [0.717, 1.165) is 9.13 Å². The highest BCUT2D eigenvalue weighted by Crippen LogP contribution is 2.26. The average molecular weight is 543 g/mol. The van der Waals surface area contributed by atoms with Gasteiger partial charge in [-0.05, 0) is 36.8 Å². The third-order valence-electron chi connectivity index (χ3n) is 5.22. The lowest BCUT2D eigenvalue weighted by atomic mass is 10.1. The molecule has 0 amide bonds. The standard InChI is InChI=1S/C22H19Cl2F3N6O3/c1-12(34)19-29-18(30-33(19)20-15(24)3-2-8-28-20)11-31-9-16(13-4-6-14(23)7-5-13)32(21(31)36)10-17(35)22(25,26)27/h2-9,12,17,34-35H,10-11H2,1H3/t12-,17?/m0/s1. The molecule has 2 N–H and O–H groups in total. The topological polar surface area (TPSA) is 111 Å². The van der Waals surface area contributed by atoms with Crippen molar-refractivity contribution in [3.8, 4) is 17.1 Å². The van der Waals surface area contributed by atoms with Crippen LogP contribution in [0.25, 0.3) is 17.1 Å². The number of aliphatic hydroxyl groups is 2. The summed E-state index contributed by atoms with van der Waals surface area (Å²) >= 11 is 12.1. The van der Waals surface area contributed by atoms with Crippen molar-refractivity contribution in [1.82, 2.24) is 28.9 Å². The maximum Gasteiger partial charge on any atom is 0.416 e. The number of hydrogen-bond donors (Lipinski definition) is 2. The van der Waals surface area contributed by atoms with Crippen LogP contribution in [0.5, 0.6) is 0 Å². The molecule has 4 rings (SSSR count). The summed E-state index contributed by atoms with van der Waals surface area (Å²) in [5.41, 5.74) is -0.287. The number of pyridine rings is 1. The molecule has 190 valence electrons. The zero-order valence-electron chi connectivity index (χ0n) is 18.6. The summed E-state index contributed by atoms with van der Waals surface area (Å²) < 4.78 is 42.4. The van der Waals surface area contributed by atoms with Crippen molar-refractivity contribution < 1.29 is 23.4 Å². The third kappa shape index (κ3) is 5.31. The molecule has 1 unspecified atom stereocenters. The molecule has 4 aromatic rings. The lowest BCUT2D eigenvalue weighted by Crippen LogP contribution is -2.37. The number of halogens is 5. The molecule has 1 aromatic carbocycles. The number of aliphatic hydroxyl groups excluding tert-OH is 2. The van der Waals surface area contributed by atoms with E-state index in [1.165, 1.54) is 36.1 Å². The van der Waals surface area contributed by atoms with Crippen LogP contribution in [0.15, 0.2) is 53.6 Å². The first-order valence-electron chi connectivity index (χ1n) is 10.5. The van der Waals surface area contributed by atoms with Crippen LogP contribution in [0.4, 0.5) is 13.2 Å². The van der Waals surface area contributed by atoms with Crippen molar-refractivity contribution in [3.63, 3.8) is 0 Å². The highest BCUT2D eigenvalue weighted by molar-refractivity contribution is 6.32. The van der Waals surface area contributed by atoms with Gasteiger partial charge in [-0.1, -0.05) is 35.3 Å². The number of nitrogens with zero attached hydrogens (tertiary/aromatic N) is 6. The van der Waals surface area contributed by atoms with Crippen molar-refractivity contribution in [2.45, 2.75) is 38.4 Å². The Labute approximate surface area is 212 Å². The Morgan fingerprint density at radius 3 is 2.42 bits per heavy atom. The lowest BCUT2D eigenvalue weighted by molar-refractivity contribution is -0.207. The van der Waals surface area contributed by atoms with Gasteiger partial charge in [0.15, 0.2) is 23.6 Å². The molecule has 36 heavy (non-hydrogen) atoms. The van der Waals surface area contributed by atoms with Crippen molar-refractivity contribution in [2.75, 3.05) is 0 Å². The molecular formula is C22H19Cl2F3N6O3. The Morgan fingerprint density at radius 1 is 1.11 bits per heavy atom. The Kier molecular flexibility index (Phi) is 7.23. The SMILES string of the molecule is C[C@H](O)c1nc(Cn2cc(-c3ccc(Cl)cc3)n(CC(O)C(F)(F)F)c2=O)nn1-c1ncccc1Cl. The summed E-state index contributed by atoms with van der Waals surface area (Å²) in [6, 6.07) is 9.32. The summed E-state index contributed by atoms with van der Waals surface area (Å²) in [5.74, 6) is 0.378. The predicted octanol–water partition coefficient (Wildman–Crippen LogP) is 3.62. The second-order valence-electron chi connectivity index (χ2n) is 7.88. The second-order valence-corrected chi connectivity index (χ2v) is 8.73. The minimum absolute atomic E-state index is 0.0749. The van der Waals surface area contributed by atoms with E-state index < -0.39 is 30.6 Å². The number of imidazole rings is 1. The number of hydrogen-bond acceptors (Lipinski definition) is 6. The molecule has 2 atom stereocenters. The van der Waals surface area contributed by atoms with Crippen LogP contribution >= 0.6 is 23.2 Å². The maximum atomic E-state index is 13.1. The van der Waals surface area contributed by atoms with Crippen LogP contribution < -0.4 is 5.69 Å². The van der Waals surface area contributed by atoms with Crippen LogP contribution in [0.1, 0.15) is 24.7 Å². The lowest BCUT2D eigenvalue weighted by Gasteiger charge is -2.16. The quantitative estimate of drug-likeness (QED) is 0.369. The molecule has 0 spiro atoms. The fraction of sp³-hybridized carbons (Fsp3) is 0.273. The molecule has 0 aliphatic heterocycles. The summed E-state index contributed by atoms with van der Waals surface area (Å²) in [5, 5.41) is 24.8. The summed E-state index contributed by atoms with van der Waals surface area (Å²) in [7, 11) is 0. The molecule has 3 aromatic heterocycles. The van der Waals surface area contributed by atoms with Gasteiger partial charge in [0.2, 0.25) is 0 Å². The zero-order valence-corrected chi connectivity index (χ0v) is 20.1. The molecule has 14 heteroatoms. The van der Waals surface area contributed by atoms with E-state index in [-0.39, 0.29) is 34.7 Å². The first-order chi connectivity index (χ1) is 17.0. The molecule has 9 nitrogen and oxygen atoms in total.